The molecule has 0 aromatic heterocycles. The lowest BCUT2D eigenvalue weighted by atomic mass is 9.76. The fourth-order valence-electron chi connectivity index (χ4n) is 3.14. The highest BCUT2D eigenvalue weighted by molar-refractivity contribution is 9.10. The molecule has 1 aliphatic rings. The van der Waals surface area contributed by atoms with Crippen LogP contribution in [0, 0.1) is 18.8 Å². The van der Waals surface area contributed by atoms with Crippen LogP contribution in [-0.2, 0) is 0 Å². The second-order valence-electron chi connectivity index (χ2n) is 5.62. The Labute approximate surface area is 119 Å². The second-order valence-corrected chi connectivity index (χ2v) is 6.42. The number of aliphatic hydroxyl groups excluding tert-OH is 1. The SMILES string of the molecule is CCC1CCCC(C(O)c2cccc(C)c2Br)C1. The zero-order valence-corrected chi connectivity index (χ0v) is 12.9. The number of hydrogen-bond acceptors (Lipinski definition) is 1. The van der Waals surface area contributed by atoms with Crippen LogP contribution in [0.15, 0.2) is 22.7 Å². The first-order valence-electron chi connectivity index (χ1n) is 7.06. The van der Waals surface area contributed by atoms with Crippen molar-refractivity contribution >= 4 is 15.9 Å². The molecule has 0 saturated heterocycles. The molecule has 1 N–H and O–H groups in total. The summed E-state index contributed by atoms with van der Waals surface area (Å²) in [5.41, 5.74) is 2.27. The maximum absolute atomic E-state index is 10.6. The molecule has 1 saturated carbocycles. The number of aryl methyl sites for hydroxylation is 1. The summed E-state index contributed by atoms with van der Waals surface area (Å²) in [5, 5.41) is 10.6. The van der Waals surface area contributed by atoms with Gasteiger partial charge in [-0.3, -0.25) is 0 Å². The molecule has 0 heterocycles. The van der Waals surface area contributed by atoms with Crippen molar-refractivity contribution < 1.29 is 5.11 Å². The fraction of sp³-hybridized carbons (Fsp3) is 0.625. The number of rotatable bonds is 3. The highest BCUT2D eigenvalue weighted by Gasteiger charge is 2.28. The molecule has 1 nitrogen and oxygen atoms in total. The van der Waals surface area contributed by atoms with Crippen LogP contribution < -0.4 is 0 Å². The van der Waals surface area contributed by atoms with E-state index in [4.69, 9.17) is 0 Å². The van der Waals surface area contributed by atoms with Crippen LogP contribution in [-0.4, -0.2) is 5.11 Å². The van der Waals surface area contributed by atoms with Crippen molar-refractivity contribution in [2.45, 2.75) is 52.1 Å². The number of benzene rings is 1. The fourth-order valence-corrected chi connectivity index (χ4v) is 3.64. The zero-order valence-electron chi connectivity index (χ0n) is 11.3. The normalized spacial score (nSPS) is 26.0. The highest BCUT2D eigenvalue weighted by atomic mass is 79.9. The summed E-state index contributed by atoms with van der Waals surface area (Å²) in [7, 11) is 0. The molecule has 0 aliphatic heterocycles. The Kier molecular flexibility index (Phi) is 4.85. The number of halogens is 1. The van der Waals surface area contributed by atoms with Gasteiger partial charge in [0.2, 0.25) is 0 Å². The Morgan fingerprint density at radius 3 is 2.89 bits per heavy atom. The molecule has 0 spiro atoms. The van der Waals surface area contributed by atoms with Gasteiger partial charge in [0, 0.05) is 4.47 Å². The van der Waals surface area contributed by atoms with Gasteiger partial charge in [-0.15, -0.1) is 0 Å². The number of aliphatic hydroxyl groups is 1. The summed E-state index contributed by atoms with van der Waals surface area (Å²) in [6.45, 7) is 4.35. The predicted octanol–water partition coefficient (Wildman–Crippen LogP) is 5.01. The molecule has 2 rings (SSSR count). The Morgan fingerprint density at radius 1 is 1.39 bits per heavy atom. The predicted molar refractivity (Wildman–Crippen MR) is 79.6 cm³/mol. The summed E-state index contributed by atoms with van der Waals surface area (Å²) < 4.78 is 1.08. The highest BCUT2D eigenvalue weighted by Crippen LogP contribution is 2.40. The van der Waals surface area contributed by atoms with Crippen molar-refractivity contribution in [3.05, 3.63) is 33.8 Å². The standard InChI is InChI=1S/C16H23BrO/c1-3-12-7-5-8-13(10-12)16(18)14-9-4-6-11(2)15(14)17/h4,6,9,12-13,16,18H,3,5,7-8,10H2,1-2H3. The van der Waals surface area contributed by atoms with E-state index in [0.717, 1.165) is 22.4 Å². The van der Waals surface area contributed by atoms with Crippen molar-refractivity contribution in [3.8, 4) is 0 Å². The molecule has 3 unspecified atom stereocenters. The summed E-state index contributed by atoms with van der Waals surface area (Å²) in [6.07, 6.45) is 5.89. The Balaban J connectivity index is 2.15. The zero-order chi connectivity index (χ0) is 13.1. The van der Waals surface area contributed by atoms with Gasteiger partial charge in [-0.2, -0.15) is 0 Å². The smallest absolute Gasteiger partial charge is 0.0829 e. The molecule has 18 heavy (non-hydrogen) atoms. The largest absolute Gasteiger partial charge is 0.388 e. The van der Waals surface area contributed by atoms with E-state index in [1.165, 1.54) is 31.2 Å². The lowest BCUT2D eigenvalue weighted by Gasteiger charge is -2.32. The molecule has 0 bridgehead atoms. The van der Waals surface area contributed by atoms with Crippen molar-refractivity contribution in [1.29, 1.82) is 0 Å². The van der Waals surface area contributed by atoms with E-state index in [9.17, 15) is 5.11 Å². The van der Waals surface area contributed by atoms with E-state index in [2.05, 4.69) is 41.9 Å². The van der Waals surface area contributed by atoms with Gasteiger partial charge in [-0.05, 0) is 42.7 Å². The molecule has 0 radical (unpaired) electrons. The van der Waals surface area contributed by atoms with Crippen molar-refractivity contribution in [3.63, 3.8) is 0 Å². The van der Waals surface area contributed by atoms with E-state index in [-0.39, 0.29) is 6.10 Å². The molecule has 2 heteroatoms. The van der Waals surface area contributed by atoms with Crippen molar-refractivity contribution in [2.24, 2.45) is 11.8 Å². The van der Waals surface area contributed by atoms with Crippen molar-refractivity contribution in [1.82, 2.24) is 0 Å². The minimum absolute atomic E-state index is 0.311. The third kappa shape index (κ3) is 2.97. The van der Waals surface area contributed by atoms with Gasteiger partial charge in [0.1, 0.15) is 0 Å². The van der Waals surface area contributed by atoms with Crippen LogP contribution in [0.4, 0.5) is 0 Å². The topological polar surface area (TPSA) is 20.2 Å². The summed E-state index contributed by atoms with van der Waals surface area (Å²) >= 11 is 3.62. The first-order chi connectivity index (χ1) is 8.63. The van der Waals surface area contributed by atoms with Gasteiger partial charge in [0.05, 0.1) is 6.10 Å². The third-order valence-corrected chi connectivity index (χ3v) is 5.47. The lowest BCUT2D eigenvalue weighted by Crippen LogP contribution is -2.21. The Bertz CT molecular complexity index is 402. The monoisotopic (exact) mass is 310 g/mol. The number of hydrogen-bond donors (Lipinski definition) is 1. The van der Waals surface area contributed by atoms with Gasteiger partial charge >= 0.3 is 0 Å². The molecule has 100 valence electrons. The average molecular weight is 311 g/mol. The first-order valence-corrected chi connectivity index (χ1v) is 7.85. The maximum atomic E-state index is 10.6. The van der Waals surface area contributed by atoms with Gasteiger partial charge in [-0.25, -0.2) is 0 Å². The van der Waals surface area contributed by atoms with E-state index in [1.54, 1.807) is 0 Å². The summed E-state index contributed by atoms with van der Waals surface area (Å²) in [4.78, 5) is 0. The third-order valence-electron chi connectivity index (χ3n) is 4.39. The van der Waals surface area contributed by atoms with E-state index in [0.29, 0.717) is 5.92 Å². The van der Waals surface area contributed by atoms with Gasteiger partial charge in [-0.1, -0.05) is 60.3 Å². The van der Waals surface area contributed by atoms with Crippen LogP contribution in [0.5, 0.6) is 0 Å². The minimum Gasteiger partial charge on any atom is -0.388 e. The molecule has 1 fully saturated rings. The Morgan fingerprint density at radius 2 is 2.17 bits per heavy atom. The summed E-state index contributed by atoms with van der Waals surface area (Å²) in [5.74, 6) is 1.24. The van der Waals surface area contributed by atoms with Crippen LogP contribution in [0.25, 0.3) is 0 Å². The van der Waals surface area contributed by atoms with Crippen LogP contribution in [0.1, 0.15) is 56.3 Å². The summed E-state index contributed by atoms with van der Waals surface area (Å²) in [6, 6.07) is 6.17. The molecule has 0 amide bonds. The Hall–Kier alpha value is -0.340. The minimum atomic E-state index is -0.311. The van der Waals surface area contributed by atoms with Gasteiger partial charge < -0.3 is 5.11 Å². The van der Waals surface area contributed by atoms with E-state index < -0.39 is 0 Å². The molecule has 1 aromatic rings. The molecule has 1 aliphatic carbocycles. The van der Waals surface area contributed by atoms with Crippen LogP contribution >= 0.6 is 15.9 Å². The van der Waals surface area contributed by atoms with Gasteiger partial charge in [0.25, 0.3) is 0 Å². The molecular weight excluding hydrogens is 288 g/mol. The molecule has 3 atom stereocenters. The molecule has 1 aromatic carbocycles. The quantitative estimate of drug-likeness (QED) is 0.832. The molecular formula is C16H23BrO. The van der Waals surface area contributed by atoms with Crippen LogP contribution in [0.3, 0.4) is 0 Å². The van der Waals surface area contributed by atoms with E-state index >= 15 is 0 Å². The first kappa shape index (κ1) is 14.1. The van der Waals surface area contributed by atoms with Crippen LogP contribution in [0.2, 0.25) is 0 Å². The maximum Gasteiger partial charge on any atom is 0.0829 e. The second kappa shape index (κ2) is 6.21. The van der Waals surface area contributed by atoms with Crippen molar-refractivity contribution in [2.75, 3.05) is 0 Å². The van der Waals surface area contributed by atoms with Gasteiger partial charge in [0.15, 0.2) is 0 Å². The lowest BCUT2D eigenvalue weighted by molar-refractivity contribution is 0.0672. The van der Waals surface area contributed by atoms with E-state index in [1.807, 2.05) is 6.07 Å². The average Bonchev–Trinajstić information content (AvgIpc) is 2.41.